The fraction of sp³-hybridized carbons (Fsp3) is 0.333. The Morgan fingerprint density at radius 2 is 1.67 bits per heavy atom. The molecule has 0 aromatic heterocycles. The van der Waals surface area contributed by atoms with Crippen LogP contribution in [0.1, 0.15) is 15.9 Å². The summed E-state index contributed by atoms with van der Waals surface area (Å²) in [6.45, 7) is 5.01. The first-order valence-corrected chi connectivity index (χ1v) is 9.09. The number of hydrogen-bond acceptors (Lipinski definition) is 4. The van der Waals surface area contributed by atoms with Gasteiger partial charge in [0.2, 0.25) is 5.91 Å². The van der Waals surface area contributed by atoms with Gasteiger partial charge in [-0.05, 0) is 42.8 Å². The summed E-state index contributed by atoms with van der Waals surface area (Å²) in [4.78, 5) is 28.7. The zero-order valence-corrected chi connectivity index (χ0v) is 15.8. The molecule has 1 aliphatic rings. The molecule has 6 nitrogen and oxygen atoms in total. The lowest BCUT2D eigenvalue weighted by Crippen LogP contribution is -2.51. The van der Waals surface area contributed by atoms with E-state index < -0.39 is 0 Å². The van der Waals surface area contributed by atoms with Crippen LogP contribution in [0, 0.1) is 6.92 Å². The number of piperazine rings is 1. The quantitative estimate of drug-likeness (QED) is 0.879. The van der Waals surface area contributed by atoms with E-state index in [4.69, 9.17) is 4.74 Å². The highest BCUT2D eigenvalue weighted by Crippen LogP contribution is 2.20. The minimum Gasteiger partial charge on any atom is -0.497 e. The topological polar surface area (TPSA) is 61.9 Å². The van der Waals surface area contributed by atoms with Crippen LogP contribution in [-0.2, 0) is 4.79 Å². The Labute approximate surface area is 159 Å². The molecule has 0 radical (unpaired) electrons. The standard InChI is InChI=1S/C21H25N3O3/c1-16-5-3-4-6-19(16)23-11-13-24(14-12-23)20(25)15-22-21(26)17-7-9-18(27-2)10-8-17/h3-10H,11-15H2,1-2H3,(H,22,26). The molecule has 1 saturated heterocycles. The Morgan fingerprint density at radius 1 is 1.00 bits per heavy atom. The number of methoxy groups -OCH3 is 1. The Morgan fingerprint density at radius 3 is 2.30 bits per heavy atom. The van der Waals surface area contributed by atoms with Crippen LogP contribution in [0.15, 0.2) is 48.5 Å². The third kappa shape index (κ3) is 4.58. The summed E-state index contributed by atoms with van der Waals surface area (Å²) in [5, 5.41) is 2.70. The second kappa shape index (κ2) is 8.58. The third-order valence-electron chi connectivity index (χ3n) is 4.84. The first-order chi connectivity index (χ1) is 13.1. The van der Waals surface area contributed by atoms with Crippen LogP contribution in [0.5, 0.6) is 5.75 Å². The average molecular weight is 367 g/mol. The van der Waals surface area contributed by atoms with Crippen molar-refractivity contribution in [2.24, 2.45) is 0 Å². The van der Waals surface area contributed by atoms with E-state index in [1.165, 1.54) is 11.3 Å². The first-order valence-electron chi connectivity index (χ1n) is 9.09. The predicted molar refractivity (Wildman–Crippen MR) is 105 cm³/mol. The number of rotatable bonds is 5. The highest BCUT2D eigenvalue weighted by Gasteiger charge is 2.22. The molecule has 27 heavy (non-hydrogen) atoms. The smallest absolute Gasteiger partial charge is 0.251 e. The van der Waals surface area contributed by atoms with E-state index in [0.29, 0.717) is 24.4 Å². The fourth-order valence-corrected chi connectivity index (χ4v) is 3.23. The van der Waals surface area contributed by atoms with Gasteiger partial charge >= 0.3 is 0 Å². The van der Waals surface area contributed by atoms with Gasteiger partial charge in [-0.2, -0.15) is 0 Å². The maximum Gasteiger partial charge on any atom is 0.251 e. The molecule has 2 aromatic rings. The van der Waals surface area contributed by atoms with E-state index in [1.807, 2.05) is 17.0 Å². The molecule has 0 aliphatic carbocycles. The third-order valence-corrected chi connectivity index (χ3v) is 4.84. The van der Waals surface area contributed by atoms with Gasteiger partial charge in [0.1, 0.15) is 5.75 Å². The molecule has 0 atom stereocenters. The van der Waals surface area contributed by atoms with Gasteiger partial charge in [0.05, 0.1) is 13.7 Å². The van der Waals surface area contributed by atoms with Crippen molar-refractivity contribution < 1.29 is 14.3 Å². The Kier molecular flexibility index (Phi) is 5.96. The van der Waals surface area contributed by atoms with E-state index in [1.54, 1.807) is 31.4 Å². The van der Waals surface area contributed by atoms with Gasteiger partial charge < -0.3 is 19.9 Å². The normalized spacial score (nSPS) is 14.0. The van der Waals surface area contributed by atoms with Crippen molar-refractivity contribution in [2.75, 3.05) is 44.7 Å². The summed E-state index contributed by atoms with van der Waals surface area (Å²) in [6.07, 6.45) is 0. The van der Waals surface area contributed by atoms with Crippen LogP contribution in [0.4, 0.5) is 5.69 Å². The van der Waals surface area contributed by atoms with Crippen molar-refractivity contribution in [2.45, 2.75) is 6.92 Å². The number of hydrogen-bond donors (Lipinski definition) is 1. The van der Waals surface area contributed by atoms with Gasteiger partial charge in [-0.15, -0.1) is 0 Å². The molecule has 1 heterocycles. The molecule has 1 N–H and O–H groups in total. The number of ether oxygens (including phenoxy) is 1. The maximum absolute atomic E-state index is 12.4. The summed E-state index contributed by atoms with van der Waals surface area (Å²) in [5.41, 5.74) is 2.97. The minimum absolute atomic E-state index is 0.00915. The largest absolute Gasteiger partial charge is 0.497 e. The maximum atomic E-state index is 12.4. The molecule has 0 saturated carbocycles. The second-order valence-electron chi connectivity index (χ2n) is 6.57. The lowest BCUT2D eigenvalue weighted by molar-refractivity contribution is -0.130. The van der Waals surface area contributed by atoms with Crippen LogP contribution in [0.25, 0.3) is 0 Å². The van der Waals surface area contributed by atoms with E-state index in [2.05, 4.69) is 29.3 Å². The zero-order chi connectivity index (χ0) is 19.2. The van der Waals surface area contributed by atoms with Crippen LogP contribution >= 0.6 is 0 Å². The lowest BCUT2D eigenvalue weighted by atomic mass is 10.1. The second-order valence-corrected chi connectivity index (χ2v) is 6.57. The van der Waals surface area contributed by atoms with E-state index in [0.717, 1.165) is 13.1 Å². The highest BCUT2D eigenvalue weighted by atomic mass is 16.5. The van der Waals surface area contributed by atoms with Crippen LogP contribution in [-0.4, -0.2) is 56.5 Å². The molecular weight excluding hydrogens is 342 g/mol. The number of para-hydroxylation sites is 1. The summed E-state index contributed by atoms with van der Waals surface area (Å²) >= 11 is 0. The van der Waals surface area contributed by atoms with Gasteiger partial charge in [0, 0.05) is 37.4 Å². The Hall–Kier alpha value is -3.02. The number of aryl methyl sites for hydroxylation is 1. The number of anilines is 1. The summed E-state index contributed by atoms with van der Waals surface area (Å²) < 4.78 is 5.08. The SMILES string of the molecule is COc1ccc(C(=O)NCC(=O)N2CCN(c3ccccc3C)CC2)cc1. The summed E-state index contributed by atoms with van der Waals surface area (Å²) in [7, 11) is 1.58. The van der Waals surface area contributed by atoms with E-state index >= 15 is 0 Å². The zero-order valence-electron chi connectivity index (χ0n) is 15.8. The van der Waals surface area contributed by atoms with Crippen molar-refractivity contribution in [3.8, 4) is 5.75 Å². The molecule has 6 heteroatoms. The van der Waals surface area contributed by atoms with Crippen LogP contribution in [0.3, 0.4) is 0 Å². The number of carbonyl (C=O) groups is 2. The average Bonchev–Trinajstić information content (AvgIpc) is 2.72. The van der Waals surface area contributed by atoms with Gasteiger partial charge in [0.15, 0.2) is 0 Å². The molecule has 0 spiro atoms. The monoisotopic (exact) mass is 367 g/mol. The number of carbonyl (C=O) groups excluding carboxylic acids is 2. The number of nitrogens with one attached hydrogen (secondary N) is 1. The number of benzene rings is 2. The summed E-state index contributed by atoms with van der Waals surface area (Å²) in [5.74, 6) is 0.375. The van der Waals surface area contributed by atoms with Crippen molar-refractivity contribution >= 4 is 17.5 Å². The van der Waals surface area contributed by atoms with Crippen molar-refractivity contribution in [3.63, 3.8) is 0 Å². The molecule has 0 bridgehead atoms. The van der Waals surface area contributed by atoms with Gasteiger partial charge in [-0.1, -0.05) is 18.2 Å². The number of nitrogens with zero attached hydrogens (tertiary/aromatic N) is 2. The van der Waals surface area contributed by atoms with Gasteiger partial charge in [0.25, 0.3) is 5.91 Å². The highest BCUT2D eigenvalue weighted by molar-refractivity contribution is 5.96. The van der Waals surface area contributed by atoms with E-state index in [-0.39, 0.29) is 18.4 Å². The van der Waals surface area contributed by atoms with E-state index in [9.17, 15) is 9.59 Å². The summed E-state index contributed by atoms with van der Waals surface area (Å²) in [6, 6.07) is 15.1. The molecule has 1 aliphatic heterocycles. The Bertz CT molecular complexity index is 797. The van der Waals surface area contributed by atoms with Crippen molar-refractivity contribution in [1.82, 2.24) is 10.2 Å². The predicted octanol–water partition coefficient (Wildman–Crippen LogP) is 2.08. The minimum atomic E-state index is -0.260. The first kappa shape index (κ1) is 18.8. The van der Waals surface area contributed by atoms with Crippen LogP contribution in [0.2, 0.25) is 0 Å². The van der Waals surface area contributed by atoms with Gasteiger partial charge in [-0.3, -0.25) is 9.59 Å². The molecule has 142 valence electrons. The number of amides is 2. The fourth-order valence-electron chi connectivity index (χ4n) is 3.23. The van der Waals surface area contributed by atoms with Crippen molar-refractivity contribution in [1.29, 1.82) is 0 Å². The molecule has 2 amide bonds. The molecule has 1 fully saturated rings. The molecular formula is C21H25N3O3. The molecule has 3 rings (SSSR count). The Balaban J connectivity index is 1.48. The molecule has 2 aromatic carbocycles. The van der Waals surface area contributed by atoms with Gasteiger partial charge in [-0.25, -0.2) is 0 Å². The molecule has 0 unspecified atom stereocenters. The van der Waals surface area contributed by atoms with Crippen molar-refractivity contribution in [3.05, 3.63) is 59.7 Å². The van der Waals surface area contributed by atoms with Crippen LogP contribution < -0.4 is 15.0 Å². The lowest BCUT2D eigenvalue weighted by Gasteiger charge is -2.36.